The van der Waals surface area contributed by atoms with Gasteiger partial charge in [0, 0.05) is 24.7 Å². The predicted octanol–water partition coefficient (Wildman–Crippen LogP) is 0.603. The van der Waals surface area contributed by atoms with Crippen LogP contribution >= 0.6 is 0 Å². The zero-order chi connectivity index (χ0) is 22.4. The molecule has 2 fully saturated rings. The van der Waals surface area contributed by atoms with Crippen molar-refractivity contribution in [2.75, 3.05) is 13.1 Å². The second kappa shape index (κ2) is 10.7. The molecule has 0 radical (unpaired) electrons. The summed E-state index contributed by atoms with van der Waals surface area (Å²) in [6.45, 7) is 0.741. The van der Waals surface area contributed by atoms with E-state index < -0.39 is 18.2 Å². The Morgan fingerprint density at radius 2 is 1.84 bits per heavy atom. The third-order valence-corrected chi connectivity index (χ3v) is 6.40. The first-order valence-electron chi connectivity index (χ1n) is 11.0. The van der Waals surface area contributed by atoms with Crippen LogP contribution in [0.1, 0.15) is 49.7 Å². The van der Waals surface area contributed by atoms with Crippen LogP contribution in [0.2, 0.25) is 0 Å². The molecule has 1 saturated carbocycles. The molecule has 1 amide bonds. The van der Waals surface area contributed by atoms with E-state index in [-0.39, 0.29) is 30.2 Å². The second-order valence-corrected chi connectivity index (χ2v) is 8.48. The molecule has 0 spiro atoms. The van der Waals surface area contributed by atoms with Crippen LogP contribution in [0.5, 0.6) is 0 Å². The molecular weight excluding hydrogens is 398 g/mol. The number of hydrogen-bond acceptors (Lipinski definition) is 6. The van der Waals surface area contributed by atoms with Crippen LogP contribution in [0.4, 0.5) is 0 Å². The predicted molar refractivity (Wildman–Crippen MR) is 116 cm³/mol. The Morgan fingerprint density at radius 1 is 1.16 bits per heavy atom. The lowest BCUT2D eigenvalue weighted by Crippen LogP contribution is -2.65. The number of nitrogens with one attached hydrogen (secondary N) is 3. The highest BCUT2D eigenvalue weighted by atomic mass is 16.4. The van der Waals surface area contributed by atoms with Gasteiger partial charge in [0.15, 0.2) is 0 Å². The normalized spacial score (nSPS) is 21.6. The molecule has 9 nitrogen and oxygen atoms in total. The summed E-state index contributed by atoms with van der Waals surface area (Å²) in [5.74, 6) is -0.908. The van der Waals surface area contributed by atoms with E-state index in [4.69, 9.17) is 16.2 Å². The summed E-state index contributed by atoms with van der Waals surface area (Å²) in [5, 5.41) is 33.5. The Bertz CT molecular complexity index is 779. The number of amidine groups is 1. The van der Waals surface area contributed by atoms with Gasteiger partial charge in [-0.3, -0.25) is 19.9 Å². The average Bonchev–Trinajstić information content (AvgIpc) is 2.72. The molecule has 1 aliphatic heterocycles. The number of benzene rings is 1. The van der Waals surface area contributed by atoms with Crippen LogP contribution < -0.4 is 16.4 Å². The number of hydrogen-bond donors (Lipinski definition) is 6. The zero-order valence-electron chi connectivity index (χ0n) is 17.7. The van der Waals surface area contributed by atoms with E-state index in [1.54, 1.807) is 17.0 Å². The van der Waals surface area contributed by atoms with Crippen molar-refractivity contribution in [3.8, 4) is 0 Å². The highest BCUT2D eigenvalue weighted by Gasteiger charge is 2.43. The molecule has 1 aromatic carbocycles. The fraction of sp³-hybridized carbons (Fsp3) is 0.591. The Morgan fingerprint density at radius 3 is 2.39 bits per heavy atom. The molecule has 170 valence electrons. The third kappa shape index (κ3) is 6.03. The van der Waals surface area contributed by atoms with E-state index in [0.29, 0.717) is 25.1 Å². The minimum atomic E-state index is -0.957. The number of carboxylic acids is 1. The first-order chi connectivity index (χ1) is 14.9. The molecule has 1 aliphatic carbocycles. The standard InChI is InChI=1S/C22H33N5O4/c23-20(24)16-8-6-14(7-9-16)12-26-21(30)17-10-11-27(17)22(31)19(25-13-18(28)29)15-4-2-1-3-5-15/h6-9,15,17,19,22,25,31H,1-5,10-13H2,(H3,23,24)(H,26,30)(H,28,29)/t17-,19+,22+/m0/s1. The van der Waals surface area contributed by atoms with Crippen LogP contribution in [0.3, 0.4) is 0 Å². The lowest BCUT2D eigenvalue weighted by Gasteiger charge is -2.47. The molecule has 2 aliphatic rings. The number of rotatable bonds is 10. The molecule has 31 heavy (non-hydrogen) atoms. The smallest absolute Gasteiger partial charge is 0.317 e. The van der Waals surface area contributed by atoms with Crippen molar-refractivity contribution in [2.24, 2.45) is 11.7 Å². The summed E-state index contributed by atoms with van der Waals surface area (Å²) in [6.07, 6.45) is 4.99. The van der Waals surface area contributed by atoms with Gasteiger partial charge in [-0.25, -0.2) is 0 Å². The van der Waals surface area contributed by atoms with Crippen molar-refractivity contribution >= 4 is 17.7 Å². The number of nitrogens with two attached hydrogens (primary N) is 1. The monoisotopic (exact) mass is 431 g/mol. The first-order valence-corrected chi connectivity index (χ1v) is 11.0. The number of carbonyl (C=O) groups is 2. The van der Waals surface area contributed by atoms with Crippen molar-refractivity contribution in [1.29, 1.82) is 5.41 Å². The van der Waals surface area contributed by atoms with Crippen LogP contribution in [-0.2, 0) is 16.1 Å². The lowest BCUT2D eigenvalue weighted by atomic mass is 9.82. The van der Waals surface area contributed by atoms with Crippen molar-refractivity contribution in [3.63, 3.8) is 0 Å². The number of nitrogen functional groups attached to an aromatic ring is 1. The quantitative estimate of drug-likeness (QED) is 0.234. The van der Waals surface area contributed by atoms with Crippen molar-refractivity contribution in [2.45, 2.75) is 63.4 Å². The molecule has 9 heteroatoms. The van der Waals surface area contributed by atoms with Gasteiger partial charge in [0.25, 0.3) is 0 Å². The van der Waals surface area contributed by atoms with Crippen LogP contribution in [0.15, 0.2) is 24.3 Å². The molecule has 1 saturated heterocycles. The number of aliphatic carboxylic acids is 1. The summed E-state index contributed by atoms with van der Waals surface area (Å²) in [5.41, 5.74) is 6.98. The number of nitrogens with zero attached hydrogens (tertiary/aromatic N) is 1. The number of amides is 1. The first kappa shape index (κ1) is 23.2. The Balaban J connectivity index is 1.57. The third-order valence-electron chi connectivity index (χ3n) is 6.40. The number of likely N-dealkylation sites (tertiary alicyclic amines) is 1. The summed E-state index contributed by atoms with van der Waals surface area (Å²) in [4.78, 5) is 25.6. The Labute approximate surface area is 182 Å². The van der Waals surface area contributed by atoms with Crippen LogP contribution in [0.25, 0.3) is 0 Å². The fourth-order valence-electron chi connectivity index (χ4n) is 4.53. The summed E-state index contributed by atoms with van der Waals surface area (Å²) >= 11 is 0. The van der Waals surface area contributed by atoms with E-state index in [0.717, 1.165) is 31.2 Å². The fourth-order valence-corrected chi connectivity index (χ4v) is 4.53. The SMILES string of the molecule is N=C(N)c1ccc(CNC(=O)[C@@H]2CCN2[C@H](O)[C@H](NCC(=O)O)C2CCCCC2)cc1. The molecule has 0 unspecified atom stereocenters. The van der Waals surface area contributed by atoms with Crippen LogP contribution in [-0.4, -0.2) is 64.2 Å². The number of carbonyl (C=O) groups excluding carboxylic acids is 1. The Kier molecular flexibility index (Phi) is 8.00. The molecule has 1 aromatic rings. The molecule has 0 bridgehead atoms. The lowest BCUT2D eigenvalue weighted by molar-refractivity contribution is -0.149. The molecule has 3 rings (SSSR count). The molecule has 3 atom stereocenters. The van der Waals surface area contributed by atoms with Gasteiger partial charge in [0.2, 0.25) is 5.91 Å². The van der Waals surface area contributed by atoms with E-state index in [2.05, 4.69) is 10.6 Å². The van der Waals surface area contributed by atoms with Gasteiger partial charge in [0.1, 0.15) is 12.1 Å². The summed E-state index contributed by atoms with van der Waals surface area (Å²) in [7, 11) is 0. The Hall–Kier alpha value is -2.49. The average molecular weight is 432 g/mol. The number of carboxylic acid groups (broad SMARTS) is 1. The van der Waals surface area contributed by atoms with E-state index in [1.165, 1.54) is 6.42 Å². The molecule has 0 aromatic heterocycles. The number of aliphatic hydroxyl groups is 1. The van der Waals surface area contributed by atoms with Crippen LogP contribution in [0, 0.1) is 11.3 Å². The molecule has 1 heterocycles. The summed E-state index contributed by atoms with van der Waals surface area (Å²) in [6, 6.07) is 6.33. The zero-order valence-corrected chi connectivity index (χ0v) is 17.7. The van der Waals surface area contributed by atoms with E-state index in [9.17, 15) is 14.7 Å². The summed E-state index contributed by atoms with van der Waals surface area (Å²) < 4.78 is 0. The van der Waals surface area contributed by atoms with E-state index in [1.807, 2.05) is 12.1 Å². The largest absolute Gasteiger partial charge is 0.480 e. The highest BCUT2D eigenvalue weighted by molar-refractivity contribution is 5.94. The van der Waals surface area contributed by atoms with Gasteiger partial charge in [-0.2, -0.15) is 0 Å². The van der Waals surface area contributed by atoms with Gasteiger partial charge in [-0.1, -0.05) is 43.5 Å². The molecular formula is C22H33N5O4. The van der Waals surface area contributed by atoms with Crippen molar-refractivity contribution in [3.05, 3.63) is 35.4 Å². The van der Waals surface area contributed by atoms with E-state index >= 15 is 0 Å². The maximum Gasteiger partial charge on any atom is 0.317 e. The van der Waals surface area contributed by atoms with Gasteiger partial charge < -0.3 is 26.6 Å². The number of aliphatic hydroxyl groups excluding tert-OH is 1. The van der Waals surface area contributed by atoms with Gasteiger partial charge in [-0.05, 0) is 30.7 Å². The van der Waals surface area contributed by atoms with Gasteiger partial charge >= 0.3 is 5.97 Å². The highest BCUT2D eigenvalue weighted by Crippen LogP contribution is 2.31. The van der Waals surface area contributed by atoms with Gasteiger partial charge in [-0.15, -0.1) is 0 Å². The minimum absolute atomic E-state index is 0.00119. The topological polar surface area (TPSA) is 152 Å². The molecule has 7 N–H and O–H groups in total. The van der Waals surface area contributed by atoms with Crippen molar-refractivity contribution < 1.29 is 19.8 Å². The van der Waals surface area contributed by atoms with Crippen molar-refractivity contribution in [1.82, 2.24) is 15.5 Å². The van der Waals surface area contributed by atoms with Gasteiger partial charge in [0.05, 0.1) is 12.6 Å². The minimum Gasteiger partial charge on any atom is -0.480 e. The maximum absolute atomic E-state index is 12.7. The second-order valence-electron chi connectivity index (χ2n) is 8.48. The maximum atomic E-state index is 12.7.